The number of Topliss-reactive ketones (excluding diaryl/α,β-unsaturated/α-hetero) is 1. The van der Waals surface area contributed by atoms with Gasteiger partial charge in [0, 0.05) is 12.3 Å². The molecule has 1 aromatic rings. The molecule has 0 bridgehead atoms. The fourth-order valence-corrected chi connectivity index (χ4v) is 3.74. The second kappa shape index (κ2) is 8.39. The second-order valence-electron chi connectivity index (χ2n) is 8.01. The van der Waals surface area contributed by atoms with E-state index in [2.05, 4.69) is 0 Å². The van der Waals surface area contributed by atoms with Crippen molar-refractivity contribution in [3.63, 3.8) is 0 Å². The zero-order valence-electron chi connectivity index (χ0n) is 16.8. The lowest BCUT2D eigenvalue weighted by atomic mass is 9.61. The van der Waals surface area contributed by atoms with Crippen molar-refractivity contribution in [3.8, 4) is 0 Å². The molecule has 7 heteroatoms. The molecular formula is C21H27FO6. The third-order valence-electron chi connectivity index (χ3n) is 4.71. The van der Waals surface area contributed by atoms with Gasteiger partial charge in [0.15, 0.2) is 5.78 Å². The van der Waals surface area contributed by atoms with Crippen molar-refractivity contribution in [2.75, 3.05) is 0 Å². The number of aliphatic hydroxyl groups is 1. The first-order valence-electron chi connectivity index (χ1n) is 9.35. The highest BCUT2D eigenvalue weighted by atomic mass is 19.1. The minimum atomic E-state index is -1.76. The van der Waals surface area contributed by atoms with Crippen LogP contribution in [0, 0.1) is 17.7 Å². The van der Waals surface area contributed by atoms with Crippen LogP contribution in [-0.4, -0.2) is 40.6 Å². The summed E-state index contributed by atoms with van der Waals surface area (Å²) in [5.41, 5.74) is -1.50. The van der Waals surface area contributed by atoms with Gasteiger partial charge in [-0.1, -0.05) is 12.1 Å². The topological polar surface area (TPSA) is 89.9 Å². The van der Waals surface area contributed by atoms with Crippen molar-refractivity contribution in [2.45, 2.75) is 64.8 Å². The van der Waals surface area contributed by atoms with Crippen LogP contribution in [0.3, 0.4) is 0 Å². The van der Waals surface area contributed by atoms with Crippen molar-refractivity contribution in [2.24, 2.45) is 11.8 Å². The second-order valence-corrected chi connectivity index (χ2v) is 8.01. The van der Waals surface area contributed by atoms with Crippen LogP contribution in [0.2, 0.25) is 0 Å². The Morgan fingerprint density at radius 3 is 2.25 bits per heavy atom. The number of halogens is 1. The van der Waals surface area contributed by atoms with Crippen LogP contribution in [0.5, 0.6) is 0 Å². The van der Waals surface area contributed by atoms with Crippen LogP contribution in [0.1, 0.15) is 52.5 Å². The summed E-state index contributed by atoms with van der Waals surface area (Å²) in [6, 6.07) is 5.32. The van der Waals surface area contributed by atoms with Crippen LogP contribution in [0.15, 0.2) is 24.3 Å². The van der Waals surface area contributed by atoms with E-state index in [-0.39, 0.29) is 5.56 Å². The summed E-state index contributed by atoms with van der Waals surface area (Å²) in [6.45, 7) is 7.95. The maximum absolute atomic E-state index is 13.9. The monoisotopic (exact) mass is 394 g/mol. The van der Waals surface area contributed by atoms with E-state index in [1.54, 1.807) is 27.7 Å². The van der Waals surface area contributed by atoms with Gasteiger partial charge in [-0.05, 0) is 52.3 Å². The first-order chi connectivity index (χ1) is 12.9. The Bertz CT molecular complexity index is 747. The van der Waals surface area contributed by atoms with Crippen molar-refractivity contribution in [1.82, 2.24) is 0 Å². The van der Waals surface area contributed by atoms with Gasteiger partial charge in [0.05, 0.1) is 23.7 Å². The zero-order valence-corrected chi connectivity index (χ0v) is 16.8. The molecule has 154 valence electrons. The van der Waals surface area contributed by atoms with Crippen molar-refractivity contribution in [1.29, 1.82) is 0 Å². The molecular weight excluding hydrogens is 367 g/mol. The molecule has 0 radical (unpaired) electrons. The Hall–Kier alpha value is -2.28. The van der Waals surface area contributed by atoms with E-state index < -0.39 is 65.5 Å². The number of esters is 2. The Kier molecular flexibility index (Phi) is 6.59. The van der Waals surface area contributed by atoms with E-state index in [9.17, 15) is 23.9 Å². The molecule has 0 unspecified atom stereocenters. The molecule has 6 nitrogen and oxygen atoms in total. The summed E-state index contributed by atoms with van der Waals surface area (Å²) in [6.07, 6.45) is -1.35. The summed E-state index contributed by atoms with van der Waals surface area (Å²) in [4.78, 5) is 38.4. The number of carbonyl (C=O) groups is 3. The third kappa shape index (κ3) is 4.76. The number of benzene rings is 1. The molecule has 2 rings (SSSR count). The molecule has 1 aromatic carbocycles. The Morgan fingerprint density at radius 1 is 1.14 bits per heavy atom. The normalized spacial score (nSPS) is 27.8. The fraction of sp³-hybridized carbons (Fsp3) is 0.571. The molecule has 0 spiro atoms. The van der Waals surface area contributed by atoms with Gasteiger partial charge >= 0.3 is 11.9 Å². The number of hydrogen-bond acceptors (Lipinski definition) is 6. The van der Waals surface area contributed by atoms with Gasteiger partial charge in [0.1, 0.15) is 11.7 Å². The molecule has 1 fully saturated rings. The van der Waals surface area contributed by atoms with Crippen LogP contribution in [0.25, 0.3) is 0 Å². The fourth-order valence-electron chi connectivity index (χ4n) is 3.74. The number of carbonyl (C=O) groups excluding carboxylic acids is 3. The number of ether oxygens (including phenoxy) is 2. The van der Waals surface area contributed by atoms with E-state index in [1.165, 1.54) is 25.1 Å². The molecule has 1 aliphatic carbocycles. The lowest BCUT2D eigenvalue weighted by Crippen LogP contribution is -2.55. The minimum Gasteiger partial charge on any atom is -0.463 e. The summed E-state index contributed by atoms with van der Waals surface area (Å²) in [5, 5.41) is 10.9. The van der Waals surface area contributed by atoms with Gasteiger partial charge in [-0.15, -0.1) is 0 Å². The molecule has 0 aliphatic heterocycles. The lowest BCUT2D eigenvalue weighted by Gasteiger charge is -2.44. The number of ketones is 1. The molecule has 0 saturated heterocycles. The first-order valence-corrected chi connectivity index (χ1v) is 9.35. The molecule has 28 heavy (non-hydrogen) atoms. The molecule has 0 amide bonds. The molecule has 1 aliphatic rings. The Labute approximate surface area is 164 Å². The van der Waals surface area contributed by atoms with Crippen LogP contribution in [-0.2, 0) is 23.9 Å². The van der Waals surface area contributed by atoms with Gasteiger partial charge in [-0.2, -0.15) is 0 Å². The molecule has 1 saturated carbocycles. The summed E-state index contributed by atoms with van der Waals surface area (Å²) >= 11 is 0. The predicted octanol–water partition coefficient (Wildman–Crippen LogP) is 2.77. The molecule has 1 N–H and O–H groups in total. The van der Waals surface area contributed by atoms with E-state index >= 15 is 0 Å². The highest BCUT2D eigenvalue weighted by molar-refractivity contribution is 6.02. The number of hydrogen-bond donors (Lipinski definition) is 1. The number of rotatable bonds is 5. The maximum Gasteiger partial charge on any atom is 0.317 e. The van der Waals surface area contributed by atoms with Gasteiger partial charge in [-0.3, -0.25) is 14.4 Å². The molecule has 0 heterocycles. The van der Waals surface area contributed by atoms with Gasteiger partial charge < -0.3 is 14.6 Å². The molecule has 0 aromatic heterocycles. The average Bonchev–Trinajstić information content (AvgIpc) is 2.51. The van der Waals surface area contributed by atoms with Crippen LogP contribution < -0.4 is 0 Å². The van der Waals surface area contributed by atoms with Crippen LogP contribution in [0.4, 0.5) is 4.39 Å². The van der Waals surface area contributed by atoms with E-state index in [1.807, 2.05) is 0 Å². The minimum absolute atomic E-state index is 0.254. The summed E-state index contributed by atoms with van der Waals surface area (Å²) in [5.74, 6) is -6.37. The van der Waals surface area contributed by atoms with E-state index in [4.69, 9.17) is 9.47 Å². The zero-order chi connectivity index (χ0) is 21.2. The van der Waals surface area contributed by atoms with Gasteiger partial charge in [-0.25, -0.2) is 4.39 Å². The highest BCUT2D eigenvalue weighted by Crippen LogP contribution is 2.47. The smallest absolute Gasteiger partial charge is 0.317 e. The largest absolute Gasteiger partial charge is 0.463 e. The Balaban J connectivity index is 2.61. The molecule has 4 atom stereocenters. The van der Waals surface area contributed by atoms with Crippen molar-refractivity contribution in [3.05, 3.63) is 35.6 Å². The van der Waals surface area contributed by atoms with Crippen LogP contribution >= 0.6 is 0 Å². The standard InChI is InChI=1S/C21H27FO6/c1-11(2)27-19(24)17-15(23)10-21(5,26)18(20(25)28-12(3)4)16(17)13-7-6-8-14(22)9-13/h6-9,11-12,16-18,26H,10H2,1-5H3/t16-,17+,18-,21-/m1/s1. The van der Waals surface area contributed by atoms with Crippen molar-refractivity contribution < 1.29 is 33.4 Å². The predicted molar refractivity (Wildman–Crippen MR) is 98.8 cm³/mol. The maximum atomic E-state index is 13.9. The summed E-state index contributed by atoms with van der Waals surface area (Å²) < 4.78 is 24.4. The van der Waals surface area contributed by atoms with Gasteiger partial charge in [0.2, 0.25) is 0 Å². The van der Waals surface area contributed by atoms with Gasteiger partial charge in [0.25, 0.3) is 0 Å². The van der Waals surface area contributed by atoms with Crippen molar-refractivity contribution >= 4 is 17.7 Å². The van der Waals surface area contributed by atoms with E-state index in [0.717, 1.165) is 6.07 Å². The Morgan fingerprint density at radius 2 is 1.71 bits per heavy atom. The average molecular weight is 394 g/mol. The van der Waals surface area contributed by atoms with E-state index in [0.29, 0.717) is 0 Å². The lowest BCUT2D eigenvalue weighted by molar-refractivity contribution is -0.176. The highest BCUT2D eigenvalue weighted by Gasteiger charge is 2.57. The summed E-state index contributed by atoms with van der Waals surface area (Å²) in [7, 11) is 0. The third-order valence-corrected chi connectivity index (χ3v) is 4.71. The first kappa shape index (κ1) is 22.0. The SMILES string of the molecule is CC(C)OC(=O)[C@H]1C(=O)C[C@@](C)(O)[C@@H](C(=O)OC(C)C)[C@@H]1c1cccc(F)c1. The quantitative estimate of drug-likeness (QED) is 0.610.